The van der Waals surface area contributed by atoms with Crippen molar-refractivity contribution in [3.63, 3.8) is 0 Å². The number of hydrogen-bond acceptors (Lipinski definition) is 3. The van der Waals surface area contributed by atoms with E-state index < -0.39 is 0 Å². The maximum absolute atomic E-state index is 5.64. The quantitative estimate of drug-likeness (QED) is 0.599. The minimum atomic E-state index is 0.219. The summed E-state index contributed by atoms with van der Waals surface area (Å²) < 4.78 is 5.34. The number of alkyl halides is 1. The Kier molecular flexibility index (Phi) is 4.69. The summed E-state index contributed by atoms with van der Waals surface area (Å²) >= 11 is 5.64. The summed E-state index contributed by atoms with van der Waals surface area (Å²) in [5, 5.41) is 7.72. The van der Waals surface area contributed by atoms with Crippen LogP contribution in [0.1, 0.15) is 22.9 Å². The summed E-state index contributed by atoms with van der Waals surface area (Å²) in [4.78, 5) is 0. The lowest BCUT2D eigenvalue weighted by molar-refractivity contribution is 0.505. The van der Waals surface area contributed by atoms with E-state index in [-0.39, 0.29) is 5.88 Å². The van der Waals surface area contributed by atoms with Gasteiger partial charge in [-0.05, 0) is 34.4 Å². The molecule has 0 aliphatic rings. The second kappa shape index (κ2) is 7.07. The van der Waals surface area contributed by atoms with Gasteiger partial charge in [-0.2, -0.15) is 0 Å². The highest BCUT2D eigenvalue weighted by Crippen LogP contribution is 2.22. The average molecular weight is 323 g/mol. The summed E-state index contributed by atoms with van der Waals surface area (Å²) in [5.74, 6) is 1.08. The van der Waals surface area contributed by atoms with Gasteiger partial charge in [-0.25, -0.2) is 0 Å². The van der Waals surface area contributed by atoms with Crippen molar-refractivity contribution in [2.45, 2.75) is 5.88 Å². The fourth-order valence-electron chi connectivity index (χ4n) is 2.19. The first-order valence-electron chi connectivity index (χ1n) is 7.18. The van der Waals surface area contributed by atoms with Gasteiger partial charge in [-0.1, -0.05) is 55.1 Å². The van der Waals surface area contributed by atoms with E-state index in [0.717, 1.165) is 22.3 Å². The highest BCUT2D eigenvalue weighted by atomic mass is 35.5. The molecule has 3 aromatic rings. The molecule has 0 radical (unpaired) electrons. The molecule has 0 atom stereocenters. The van der Waals surface area contributed by atoms with Gasteiger partial charge in [0, 0.05) is 6.08 Å². The van der Waals surface area contributed by atoms with Gasteiger partial charge in [-0.15, -0.1) is 21.8 Å². The van der Waals surface area contributed by atoms with Crippen LogP contribution < -0.4 is 0 Å². The van der Waals surface area contributed by atoms with E-state index in [2.05, 4.69) is 53.2 Å². The van der Waals surface area contributed by atoms with Crippen molar-refractivity contribution in [2.75, 3.05) is 0 Å². The Morgan fingerprint density at radius 2 is 1.78 bits per heavy atom. The fourth-order valence-corrected chi connectivity index (χ4v) is 2.30. The minimum Gasteiger partial charge on any atom is -0.420 e. The molecule has 0 saturated heterocycles. The molecule has 1 aromatic heterocycles. The maximum Gasteiger partial charge on any atom is 0.240 e. The predicted octanol–water partition coefficient (Wildman–Crippen LogP) is 5.29. The second-order valence-corrected chi connectivity index (χ2v) is 5.22. The van der Waals surface area contributed by atoms with Crippen molar-refractivity contribution in [1.82, 2.24) is 10.2 Å². The fraction of sp³-hybridized carbons (Fsp3) is 0.0526. The van der Waals surface area contributed by atoms with Gasteiger partial charge in [0.2, 0.25) is 11.8 Å². The molecule has 0 N–H and O–H groups in total. The van der Waals surface area contributed by atoms with Gasteiger partial charge in [-0.3, -0.25) is 0 Å². The molecule has 3 rings (SSSR count). The first-order chi connectivity index (χ1) is 11.3. The van der Waals surface area contributed by atoms with Crippen molar-refractivity contribution in [3.05, 3.63) is 78.0 Å². The normalized spacial score (nSPS) is 11.0. The number of halogens is 1. The second-order valence-electron chi connectivity index (χ2n) is 4.95. The molecule has 23 heavy (non-hydrogen) atoms. The average Bonchev–Trinajstić information content (AvgIpc) is 3.08. The van der Waals surface area contributed by atoms with Crippen LogP contribution in [0.4, 0.5) is 0 Å². The number of benzene rings is 2. The Balaban J connectivity index is 1.82. The van der Waals surface area contributed by atoms with Crippen LogP contribution >= 0.6 is 11.6 Å². The van der Waals surface area contributed by atoms with Gasteiger partial charge >= 0.3 is 0 Å². The Hall–Kier alpha value is -2.65. The van der Waals surface area contributed by atoms with Crippen molar-refractivity contribution < 1.29 is 4.42 Å². The van der Waals surface area contributed by atoms with Gasteiger partial charge in [0.05, 0.1) is 0 Å². The smallest absolute Gasteiger partial charge is 0.240 e. The van der Waals surface area contributed by atoms with Crippen molar-refractivity contribution >= 4 is 29.8 Å². The number of aromatic nitrogens is 2. The lowest BCUT2D eigenvalue weighted by Gasteiger charge is -2.03. The van der Waals surface area contributed by atoms with E-state index in [1.807, 2.05) is 24.3 Å². The molecule has 0 spiro atoms. The van der Waals surface area contributed by atoms with Crippen LogP contribution in [0.2, 0.25) is 0 Å². The molecule has 0 bridgehead atoms. The Morgan fingerprint density at radius 1 is 0.957 bits per heavy atom. The molecule has 0 aliphatic carbocycles. The molecule has 0 unspecified atom stereocenters. The first kappa shape index (κ1) is 15.3. The molecular weight excluding hydrogens is 308 g/mol. The van der Waals surface area contributed by atoms with E-state index >= 15 is 0 Å². The van der Waals surface area contributed by atoms with Crippen LogP contribution in [-0.2, 0) is 5.88 Å². The Bertz CT molecular complexity index is 835. The van der Waals surface area contributed by atoms with Gasteiger partial charge in [0.25, 0.3) is 0 Å². The summed E-state index contributed by atoms with van der Waals surface area (Å²) in [5.41, 5.74) is 4.47. The van der Waals surface area contributed by atoms with Crippen LogP contribution in [0.15, 0.2) is 59.5 Å². The molecule has 1 heterocycles. The minimum absolute atomic E-state index is 0.219. The largest absolute Gasteiger partial charge is 0.420 e. The van der Waals surface area contributed by atoms with E-state index in [0.29, 0.717) is 11.8 Å². The number of nitrogens with zero attached hydrogens (tertiary/aromatic N) is 2. The van der Waals surface area contributed by atoms with Crippen LogP contribution in [-0.4, -0.2) is 10.2 Å². The molecule has 0 saturated carbocycles. The lowest BCUT2D eigenvalue weighted by Crippen LogP contribution is -1.80. The molecular formula is C19H15ClN2O. The monoisotopic (exact) mass is 322 g/mol. The standard InChI is InChI=1S/C19H15ClN2O/c1-2-14-6-9-16(10-7-14)17-5-3-4-15(12-17)8-11-18-21-22-19(13-20)23-18/h2-12H,1,13H2. The topological polar surface area (TPSA) is 38.9 Å². The summed E-state index contributed by atoms with van der Waals surface area (Å²) in [7, 11) is 0. The Morgan fingerprint density at radius 3 is 2.48 bits per heavy atom. The number of hydrogen-bond donors (Lipinski definition) is 0. The van der Waals surface area contributed by atoms with E-state index in [1.165, 1.54) is 0 Å². The Labute approximate surface area is 139 Å². The molecule has 0 fully saturated rings. The highest BCUT2D eigenvalue weighted by molar-refractivity contribution is 6.16. The van der Waals surface area contributed by atoms with Crippen LogP contribution in [0.5, 0.6) is 0 Å². The van der Waals surface area contributed by atoms with Gasteiger partial charge in [0.1, 0.15) is 5.88 Å². The van der Waals surface area contributed by atoms with E-state index in [1.54, 1.807) is 6.08 Å². The zero-order valence-corrected chi connectivity index (χ0v) is 13.2. The molecule has 0 aliphatic heterocycles. The van der Waals surface area contributed by atoms with E-state index in [4.69, 9.17) is 16.0 Å². The summed E-state index contributed by atoms with van der Waals surface area (Å²) in [6.07, 6.45) is 5.55. The third-order valence-electron chi connectivity index (χ3n) is 3.38. The van der Waals surface area contributed by atoms with Crippen LogP contribution in [0.3, 0.4) is 0 Å². The predicted molar refractivity (Wildman–Crippen MR) is 94.8 cm³/mol. The maximum atomic E-state index is 5.64. The molecule has 3 nitrogen and oxygen atoms in total. The number of rotatable bonds is 5. The third-order valence-corrected chi connectivity index (χ3v) is 3.61. The van der Waals surface area contributed by atoms with Gasteiger partial charge < -0.3 is 4.42 Å². The summed E-state index contributed by atoms with van der Waals surface area (Å²) in [6.45, 7) is 3.77. The zero-order chi connectivity index (χ0) is 16.1. The van der Waals surface area contributed by atoms with Crippen molar-refractivity contribution in [3.8, 4) is 11.1 Å². The van der Waals surface area contributed by atoms with Crippen molar-refractivity contribution in [1.29, 1.82) is 0 Å². The van der Waals surface area contributed by atoms with Crippen molar-refractivity contribution in [2.24, 2.45) is 0 Å². The highest BCUT2D eigenvalue weighted by Gasteiger charge is 2.01. The summed E-state index contributed by atoms with van der Waals surface area (Å²) in [6, 6.07) is 16.5. The molecule has 4 heteroatoms. The van der Waals surface area contributed by atoms with E-state index in [9.17, 15) is 0 Å². The lowest BCUT2D eigenvalue weighted by atomic mass is 10.0. The molecule has 0 amide bonds. The third kappa shape index (κ3) is 3.76. The molecule has 114 valence electrons. The molecule has 2 aromatic carbocycles. The first-order valence-corrected chi connectivity index (χ1v) is 7.71. The van der Waals surface area contributed by atoms with Crippen LogP contribution in [0.25, 0.3) is 29.4 Å². The van der Waals surface area contributed by atoms with Crippen LogP contribution in [0, 0.1) is 0 Å². The zero-order valence-electron chi connectivity index (χ0n) is 12.4. The van der Waals surface area contributed by atoms with Gasteiger partial charge in [0.15, 0.2) is 0 Å². The SMILES string of the molecule is C=Cc1ccc(-c2cccc(C=Cc3nnc(CCl)o3)c2)cc1.